The van der Waals surface area contributed by atoms with E-state index < -0.39 is 0 Å². The number of rotatable bonds is 2. The highest BCUT2D eigenvalue weighted by Gasteiger charge is 2.32. The minimum atomic E-state index is 0.155. The van der Waals surface area contributed by atoms with Gasteiger partial charge in [-0.15, -0.1) is 0 Å². The molecule has 1 aromatic carbocycles. The Morgan fingerprint density at radius 2 is 1.94 bits per heavy atom. The van der Waals surface area contributed by atoms with Crippen LogP contribution in [-0.4, -0.2) is 6.29 Å². The van der Waals surface area contributed by atoms with Crippen LogP contribution in [0.3, 0.4) is 0 Å². The lowest BCUT2D eigenvalue weighted by molar-refractivity contribution is 0.112. The summed E-state index contributed by atoms with van der Waals surface area (Å²) in [6.07, 6.45) is 7.04. The van der Waals surface area contributed by atoms with E-state index in [9.17, 15) is 4.79 Å². The second-order valence-electron chi connectivity index (χ2n) is 5.21. The molecule has 1 fully saturated rings. The third-order valence-corrected chi connectivity index (χ3v) is 4.47. The Kier molecular flexibility index (Phi) is 3.57. The summed E-state index contributed by atoms with van der Waals surface area (Å²) in [6.45, 7) is 2.28. The summed E-state index contributed by atoms with van der Waals surface area (Å²) in [6, 6.07) is 3.66. The highest BCUT2D eigenvalue weighted by molar-refractivity contribution is 9.10. The van der Waals surface area contributed by atoms with Gasteiger partial charge in [-0.25, -0.2) is 0 Å². The number of nitrogen functional groups attached to an aromatic ring is 1. The zero-order valence-corrected chi connectivity index (χ0v) is 11.7. The number of hydrogen-bond acceptors (Lipinski definition) is 2. The molecule has 1 aromatic rings. The fraction of sp³-hybridized carbons (Fsp3) is 0.500. The molecule has 0 atom stereocenters. The maximum absolute atomic E-state index is 10.8. The summed E-state index contributed by atoms with van der Waals surface area (Å²) in [5.41, 5.74) is 8.84. The van der Waals surface area contributed by atoms with Crippen molar-refractivity contribution in [2.75, 3.05) is 5.73 Å². The van der Waals surface area contributed by atoms with Gasteiger partial charge in [-0.2, -0.15) is 0 Å². The smallest absolute Gasteiger partial charge is 0.150 e. The zero-order valence-electron chi connectivity index (χ0n) is 10.1. The molecule has 0 heterocycles. The molecular formula is C14H18BrNO. The molecule has 92 valence electrons. The monoisotopic (exact) mass is 295 g/mol. The first-order chi connectivity index (χ1) is 8.07. The van der Waals surface area contributed by atoms with E-state index in [1.54, 1.807) is 6.07 Å². The van der Waals surface area contributed by atoms with E-state index >= 15 is 0 Å². The topological polar surface area (TPSA) is 43.1 Å². The maximum Gasteiger partial charge on any atom is 0.150 e. The lowest BCUT2D eigenvalue weighted by atomic mass is 9.70. The van der Waals surface area contributed by atoms with Gasteiger partial charge >= 0.3 is 0 Å². The van der Waals surface area contributed by atoms with Crippen molar-refractivity contribution >= 4 is 27.9 Å². The van der Waals surface area contributed by atoms with Crippen molar-refractivity contribution in [3.63, 3.8) is 0 Å². The van der Waals surface area contributed by atoms with Gasteiger partial charge in [-0.3, -0.25) is 4.79 Å². The molecule has 3 heteroatoms. The molecule has 0 spiro atoms. The van der Waals surface area contributed by atoms with E-state index in [2.05, 4.69) is 22.9 Å². The maximum atomic E-state index is 10.8. The molecule has 2 rings (SSSR count). The quantitative estimate of drug-likeness (QED) is 0.660. The third-order valence-electron chi connectivity index (χ3n) is 3.84. The van der Waals surface area contributed by atoms with Crippen molar-refractivity contribution in [1.82, 2.24) is 0 Å². The summed E-state index contributed by atoms with van der Waals surface area (Å²) in [5, 5.41) is 0. The number of hydrogen-bond donors (Lipinski definition) is 1. The van der Waals surface area contributed by atoms with Crippen molar-refractivity contribution in [2.24, 2.45) is 0 Å². The highest BCUT2D eigenvalue weighted by Crippen LogP contribution is 2.44. The van der Waals surface area contributed by atoms with Crippen molar-refractivity contribution in [1.29, 1.82) is 0 Å². The molecule has 0 aromatic heterocycles. The van der Waals surface area contributed by atoms with Gasteiger partial charge in [0.15, 0.2) is 0 Å². The second-order valence-corrected chi connectivity index (χ2v) is 6.06. The average molecular weight is 296 g/mol. The van der Waals surface area contributed by atoms with Gasteiger partial charge < -0.3 is 5.73 Å². The second kappa shape index (κ2) is 4.81. The summed E-state index contributed by atoms with van der Waals surface area (Å²) >= 11 is 3.57. The predicted molar refractivity (Wildman–Crippen MR) is 74.4 cm³/mol. The molecule has 0 aliphatic heterocycles. The summed E-state index contributed by atoms with van der Waals surface area (Å²) in [7, 11) is 0. The van der Waals surface area contributed by atoms with Crippen molar-refractivity contribution in [3.05, 3.63) is 27.7 Å². The molecule has 0 radical (unpaired) electrons. The molecule has 0 unspecified atom stereocenters. The van der Waals surface area contributed by atoms with Gasteiger partial charge in [0.2, 0.25) is 0 Å². The first kappa shape index (κ1) is 12.6. The van der Waals surface area contributed by atoms with Crippen LogP contribution in [0, 0.1) is 0 Å². The first-order valence-corrected chi connectivity index (χ1v) is 6.91. The van der Waals surface area contributed by atoms with Crippen LogP contribution in [0.15, 0.2) is 16.6 Å². The molecular weight excluding hydrogens is 278 g/mol. The van der Waals surface area contributed by atoms with Crippen LogP contribution in [0.2, 0.25) is 0 Å². The van der Waals surface area contributed by atoms with Crippen LogP contribution < -0.4 is 5.73 Å². The summed E-state index contributed by atoms with van der Waals surface area (Å²) in [4.78, 5) is 10.8. The number of aldehydes is 1. The molecule has 1 aliphatic rings. The van der Waals surface area contributed by atoms with Crippen LogP contribution in [0.5, 0.6) is 0 Å². The van der Waals surface area contributed by atoms with E-state index in [-0.39, 0.29) is 5.41 Å². The number of carbonyl (C=O) groups excluding carboxylic acids is 1. The Labute approximate surface area is 111 Å². The largest absolute Gasteiger partial charge is 0.398 e. The molecule has 0 amide bonds. The van der Waals surface area contributed by atoms with Crippen LogP contribution in [-0.2, 0) is 5.41 Å². The third kappa shape index (κ3) is 2.39. The normalized spacial score (nSPS) is 18.9. The molecule has 2 nitrogen and oxygen atoms in total. The summed E-state index contributed by atoms with van der Waals surface area (Å²) in [5.74, 6) is 0. The molecule has 0 bridgehead atoms. The van der Waals surface area contributed by atoms with E-state index in [1.807, 2.05) is 6.07 Å². The Hall–Kier alpha value is -0.830. The van der Waals surface area contributed by atoms with E-state index in [0.717, 1.165) is 16.4 Å². The van der Waals surface area contributed by atoms with E-state index in [0.29, 0.717) is 5.56 Å². The number of anilines is 1. The highest BCUT2D eigenvalue weighted by atomic mass is 79.9. The van der Waals surface area contributed by atoms with Crippen LogP contribution in [0.1, 0.15) is 54.9 Å². The number of nitrogens with two attached hydrogens (primary N) is 1. The van der Waals surface area contributed by atoms with Crippen molar-refractivity contribution in [2.45, 2.75) is 44.4 Å². The lowest BCUT2D eigenvalue weighted by Crippen LogP contribution is -2.27. The van der Waals surface area contributed by atoms with Gasteiger partial charge in [0, 0.05) is 15.7 Å². The molecule has 17 heavy (non-hydrogen) atoms. The van der Waals surface area contributed by atoms with Crippen LogP contribution in [0.4, 0.5) is 5.69 Å². The van der Waals surface area contributed by atoms with E-state index in [4.69, 9.17) is 5.73 Å². The Morgan fingerprint density at radius 3 is 2.47 bits per heavy atom. The van der Waals surface area contributed by atoms with E-state index in [1.165, 1.54) is 37.7 Å². The number of benzene rings is 1. The molecule has 1 aliphatic carbocycles. The fourth-order valence-electron chi connectivity index (χ4n) is 2.94. The lowest BCUT2D eigenvalue weighted by Gasteiger charge is -2.36. The van der Waals surface area contributed by atoms with Gasteiger partial charge in [-0.1, -0.05) is 42.1 Å². The molecule has 1 saturated carbocycles. The van der Waals surface area contributed by atoms with Crippen molar-refractivity contribution < 1.29 is 4.79 Å². The minimum absolute atomic E-state index is 0.155. The predicted octanol–water partition coefficient (Wildman–Crippen LogP) is 4.07. The van der Waals surface area contributed by atoms with Gasteiger partial charge in [0.05, 0.1) is 0 Å². The Bertz CT molecular complexity index is 413. The Morgan fingerprint density at radius 1 is 1.29 bits per heavy atom. The van der Waals surface area contributed by atoms with Crippen LogP contribution in [0.25, 0.3) is 0 Å². The molecule has 2 N–H and O–H groups in total. The minimum Gasteiger partial charge on any atom is -0.398 e. The van der Waals surface area contributed by atoms with Crippen LogP contribution >= 0.6 is 15.9 Å². The average Bonchev–Trinajstić information content (AvgIpc) is 2.28. The number of carbonyl (C=O) groups is 1. The summed E-state index contributed by atoms with van der Waals surface area (Å²) < 4.78 is 0.976. The number of halogens is 1. The van der Waals surface area contributed by atoms with Gasteiger partial charge in [-0.05, 0) is 36.0 Å². The standard InChI is InChI=1S/C14H18BrNO/c1-14(5-3-2-4-6-14)13-11(15)7-10(9-17)8-12(13)16/h7-9H,2-6,16H2,1H3. The molecule has 0 saturated heterocycles. The Balaban J connectivity index is 2.47. The first-order valence-electron chi connectivity index (χ1n) is 6.11. The van der Waals surface area contributed by atoms with Gasteiger partial charge in [0.25, 0.3) is 0 Å². The van der Waals surface area contributed by atoms with Crippen molar-refractivity contribution in [3.8, 4) is 0 Å². The fourth-order valence-corrected chi connectivity index (χ4v) is 3.91. The SMILES string of the molecule is CC1(c2c(N)cc(C=O)cc2Br)CCCCC1. The van der Waals surface area contributed by atoms with Gasteiger partial charge in [0.1, 0.15) is 6.29 Å². The zero-order chi connectivity index (χ0) is 12.5.